The van der Waals surface area contributed by atoms with Crippen molar-refractivity contribution in [1.29, 1.82) is 0 Å². The van der Waals surface area contributed by atoms with Crippen LogP contribution in [-0.2, 0) is 0 Å². The van der Waals surface area contributed by atoms with Crippen molar-refractivity contribution in [2.75, 3.05) is 31.0 Å². The monoisotopic (exact) mass is 452 g/mol. The molecule has 0 aromatic heterocycles. The second-order valence-corrected chi connectivity index (χ2v) is 10.1. The summed E-state index contributed by atoms with van der Waals surface area (Å²) < 4.78 is 23.1. The van der Waals surface area contributed by atoms with E-state index in [1.54, 1.807) is 12.1 Å². The first kappa shape index (κ1) is 20.1. The molecule has 4 fully saturated rings. The molecule has 1 saturated carbocycles. The van der Waals surface area contributed by atoms with Gasteiger partial charge in [0.1, 0.15) is 17.1 Å². The molecule has 2 bridgehead atoms. The highest BCUT2D eigenvalue weighted by atomic mass is 32.2. The van der Waals surface area contributed by atoms with E-state index in [4.69, 9.17) is 4.74 Å². The molecule has 0 radical (unpaired) electrons. The Hall–Kier alpha value is -2.51. The fraction of sp³-hybridized carbons (Fsp3) is 0.400. The molecule has 166 valence electrons. The maximum atomic E-state index is 14.1. The van der Waals surface area contributed by atoms with Crippen molar-refractivity contribution in [3.63, 3.8) is 0 Å². The molecule has 5 aliphatic rings. The number of ether oxygens (including phenoxy) is 1. The minimum Gasteiger partial charge on any atom is -0.492 e. The van der Waals surface area contributed by atoms with Gasteiger partial charge < -0.3 is 14.6 Å². The number of aromatic carboxylic acids is 1. The first-order chi connectivity index (χ1) is 15.6. The zero-order valence-electron chi connectivity index (χ0n) is 17.6. The van der Waals surface area contributed by atoms with E-state index in [2.05, 4.69) is 15.7 Å². The Morgan fingerprint density at radius 2 is 2.09 bits per heavy atom. The summed E-state index contributed by atoms with van der Waals surface area (Å²) in [7, 11) is 0. The van der Waals surface area contributed by atoms with Gasteiger partial charge in [0, 0.05) is 17.4 Å². The largest absolute Gasteiger partial charge is 0.492 e. The Morgan fingerprint density at radius 1 is 1.25 bits per heavy atom. The molecule has 4 aliphatic heterocycles. The lowest BCUT2D eigenvalue weighted by molar-refractivity contribution is 0.0692. The second-order valence-electron chi connectivity index (χ2n) is 9.28. The molecule has 1 unspecified atom stereocenters. The highest BCUT2D eigenvalue weighted by molar-refractivity contribution is 8.00. The molecule has 3 saturated heterocycles. The third-order valence-electron chi connectivity index (χ3n) is 7.27. The first-order valence-electron chi connectivity index (χ1n) is 11.2. The molecule has 2 N–H and O–H groups in total. The quantitative estimate of drug-likeness (QED) is 0.605. The lowest BCUT2D eigenvalue weighted by atomic mass is 9.83. The van der Waals surface area contributed by atoms with Crippen LogP contribution in [0, 0.1) is 17.7 Å². The summed E-state index contributed by atoms with van der Waals surface area (Å²) in [6.45, 7) is 3.83. The van der Waals surface area contributed by atoms with Gasteiger partial charge in [-0.15, -0.1) is 0 Å². The SMILES string of the molecule is O=C(O)c1c(NSc2ccc(F)cc2/C=C2\CN3CCC2CC3)ccc2c1OC[C@@H]1CC21. The van der Waals surface area contributed by atoms with Crippen LogP contribution in [0.2, 0.25) is 0 Å². The van der Waals surface area contributed by atoms with Crippen LogP contribution < -0.4 is 9.46 Å². The highest BCUT2D eigenvalue weighted by Crippen LogP contribution is 2.55. The van der Waals surface area contributed by atoms with E-state index in [9.17, 15) is 14.3 Å². The van der Waals surface area contributed by atoms with Crippen molar-refractivity contribution < 1.29 is 19.0 Å². The molecule has 0 spiro atoms. The number of halogens is 1. The van der Waals surface area contributed by atoms with Gasteiger partial charge >= 0.3 is 5.97 Å². The number of nitrogens with one attached hydrogen (secondary N) is 1. The van der Waals surface area contributed by atoms with Gasteiger partial charge in [-0.2, -0.15) is 0 Å². The highest BCUT2D eigenvalue weighted by Gasteiger charge is 2.45. The van der Waals surface area contributed by atoms with Crippen molar-refractivity contribution in [2.24, 2.45) is 11.8 Å². The average molecular weight is 453 g/mol. The summed E-state index contributed by atoms with van der Waals surface area (Å²) in [6.07, 6.45) is 5.53. The van der Waals surface area contributed by atoms with Gasteiger partial charge in [-0.05, 0) is 91.5 Å². The van der Waals surface area contributed by atoms with E-state index in [0.717, 1.165) is 42.1 Å². The van der Waals surface area contributed by atoms with E-state index in [1.165, 1.54) is 36.4 Å². The van der Waals surface area contributed by atoms with E-state index in [0.29, 0.717) is 35.8 Å². The van der Waals surface area contributed by atoms with Gasteiger partial charge in [0.05, 0.1) is 12.3 Å². The summed E-state index contributed by atoms with van der Waals surface area (Å²) in [6, 6.07) is 8.58. The van der Waals surface area contributed by atoms with Crippen LogP contribution in [0.5, 0.6) is 5.75 Å². The number of carboxylic acid groups (broad SMARTS) is 1. The summed E-state index contributed by atoms with van der Waals surface area (Å²) in [4.78, 5) is 15.4. The molecule has 7 heteroatoms. The minimum atomic E-state index is -1.00. The Morgan fingerprint density at radius 3 is 2.84 bits per heavy atom. The van der Waals surface area contributed by atoms with E-state index >= 15 is 0 Å². The van der Waals surface area contributed by atoms with Gasteiger partial charge in [-0.25, -0.2) is 9.18 Å². The van der Waals surface area contributed by atoms with Crippen LogP contribution in [0.25, 0.3) is 6.08 Å². The number of piperidine rings is 3. The topological polar surface area (TPSA) is 61.8 Å². The van der Waals surface area contributed by atoms with Crippen LogP contribution in [-0.4, -0.2) is 42.2 Å². The van der Waals surface area contributed by atoms with Crippen molar-refractivity contribution in [2.45, 2.75) is 30.1 Å². The number of fused-ring (bicyclic) bond motifs is 6. The molecule has 7 rings (SSSR count). The number of nitrogens with zero attached hydrogens (tertiary/aromatic N) is 1. The molecule has 5 nitrogen and oxygen atoms in total. The van der Waals surface area contributed by atoms with Gasteiger partial charge in [-0.1, -0.05) is 17.7 Å². The summed E-state index contributed by atoms with van der Waals surface area (Å²) in [5, 5.41) is 9.89. The van der Waals surface area contributed by atoms with Gasteiger partial charge in [0.15, 0.2) is 0 Å². The van der Waals surface area contributed by atoms with Crippen molar-refractivity contribution in [1.82, 2.24) is 4.90 Å². The smallest absolute Gasteiger partial charge is 0.341 e. The number of benzene rings is 2. The standard InChI is InChI=1S/C25H25FN2O3S/c26-18-1-4-22(15(10-18)9-16-12-28-7-5-14(16)6-8-28)32-27-21-3-2-19-20-11-17(20)13-31-24(19)23(21)25(29)30/h1-4,9-10,14,17,20,27H,5-8,11-13H2,(H,29,30)/b16-9+/t17-,20?/m0/s1. The fourth-order valence-electron chi connectivity index (χ4n) is 5.39. The van der Waals surface area contributed by atoms with Crippen LogP contribution in [0.15, 0.2) is 40.8 Å². The normalized spacial score (nSPS) is 28.6. The molecular weight excluding hydrogens is 427 g/mol. The lowest BCUT2D eigenvalue weighted by Crippen LogP contribution is -2.42. The number of rotatable bonds is 5. The third kappa shape index (κ3) is 3.57. The molecule has 4 heterocycles. The number of hydrogen-bond donors (Lipinski definition) is 2. The predicted molar refractivity (Wildman–Crippen MR) is 123 cm³/mol. The summed E-state index contributed by atoms with van der Waals surface area (Å²) >= 11 is 1.32. The number of anilines is 1. The molecule has 32 heavy (non-hydrogen) atoms. The van der Waals surface area contributed by atoms with Crippen LogP contribution in [0.1, 0.15) is 46.7 Å². The van der Waals surface area contributed by atoms with Gasteiger partial charge in [0.2, 0.25) is 0 Å². The van der Waals surface area contributed by atoms with E-state index < -0.39 is 5.97 Å². The molecule has 2 aromatic carbocycles. The van der Waals surface area contributed by atoms with Gasteiger partial charge in [0.25, 0.3) is 0 Å². The summed E-state index contributed by atoms with van der Waals surface area (Å²) in [5.41, 5.74) is 3.88. The van der Waals surface area contributed by atoms with Crippen molar-refractivity contribution in [3.8, 4) is 5.75 Å². The van der Waals surface area contributed by atoms with Crippen molar-refractivity contribution in [3.05, 3.63) is 58.4 Å². The Bertz CT molecular complexity index is 1130. The van der Waals surface area contributed by atoms with Crippen LogP contribution >= 0.6 is 11.9 Å². The lowest BCUT2D eigenvalue weighted by Gasteiger charge is -2.41. The first-order valence-corrected chi connectivity index (χ1v) is 12.1. The summed E-state index contributed by atoms with van der Waals surface area (Å²) in [5.74, 6) is 0.758. The van der Waals surface area contributed by atoms with Crippen LogP contribution in [0.3, 0.4) is 0 Å². The molecule has 2 atom stereocenters. The molecule has 0 amide bonds. The number of hydrogen-bond acceptors (Lipinski definition) is 5. The maximum absolute atomic E-state index is 14.1. The minimum absolute atomic E-state index is 0.180. The molecular formula is C25H25FN2O3S. The maximum Gasteiger partial charge on any atom is 0.341 e. The van der Waals surface area contributed by atoms with E-state index in [1.807, 2.05) is 12.1 Å². The third-order valence-corrected chi connectivity index (χ3v) is 8.18. The number of carboxylic acids is 1. The van der Waals surface area contributed by atoms with Gasteiger partial charge in [-0.3, -0.25) is 4.90 Å². The van der Waals surface area contributed by atoms with E-state index in [-0.39, 0.29) is 11.4 Å². The fourth-order valence-corrected chi connectivity index (χ4v) is 6.16. The second kappa shape index (κ2) is 7.81. The predicted octanol–water partition coefficient (Wildman–Crippen LogP) is 5.25. The average Bonchev–Trinajstić information content (AvgIpc) is 3.59. The number of carbonyl (C=O) groups is 1. The van der Waals surface area contributed by atoms with Crippen LogP contribution in [0.4, 0.5) is 10.1 Å². The van der Waals surface area contributed by atoms with Crippen molar-refractivity contribution >= 4 is 29.7 Å². The Labute approximate surface area is 190 Å². The zero-order valence-corrected chi connectivity index (χ0v) is 18.5. The zero-order chi connectivity index (χ0) is 21.8. The molecule has 1 aliphatic carbocycles. The Balaban J connectivity index is 1.29. The molecule has 2 aromatic rings. The Kier molecular flexibility index (Phi) is 4.91.